The molecule has 0 aromatic carbocycles. The van der Waals surface area contributed by atoms with Crippen molar-refractivity contribution in [2.45, 2.75) is 57.5 Å². The topological polar surface area (TPSA) is 94.9 Å². The highest BCUT2D eigenvalue weighted by Gasteiger charge is 2.52. The number of aryl methyl sites for hydroxylation is 1. The number of rotatable bonds is 5. The smallest absolute Gasteiger partial charge is 0.375 e. The summed E-state index contributed by atoms with van der Waals surface area (Å²) < 4.78 is 43.2. The van der Waals surface area contributed by atoms with E-state index < -0.39 is 28.7 Å². The van der Waals surface area contributed by atoms with Crippen LogP contribution in [-0.2, 0) is 25.7 Å². The molecule has 1 aliphatic carbocycles. The molecule has 3 aromatic heterocycles. The first-order chi connectivity index (χ1) is 15.0. The van der Waals surface area contributed by atoms with Crippen LogP contribution in [-0.4, -0.2) is 35.0 Å². The van der Waals surface area contributed by atoms with E-state index in [-0.39, 0.29) is 6.54 Å². The van der Waals surface area contributed by atoms with E-state index in [9.17, 15) is 27.9 Å². The number of hydrogen-bond donors (Lipinski definition) is 1. The van der Waals surface area contributed by atoms with Gasteiger partial charge in [-0.3, -0.25) is 18.9 Å². The summed E-state index contributed by atoms with van der Waals surface area (Å²) in [5, 5.41) is 9.76. The minimum Gasteiger partial charge on any atom is -0.375 e. The van der Waals surface area contributed by atoms with Gasteiger partial charge in [-0.15, -0.1) is 0 Å². The van der Waals surface area contributed by atoms with Crippen LogP contribution in [0.5, 0.6) is 0 Å². The summed E-state index contributed by atoms with van der Waals surface area (Å²) in [7, 11) is 1.52. The monoisotopic (exact) mass is 451 g/mol. The van der Waals surface area contributed by atoms with Crippen molar-refractivity contribution in [3.8, 4) is 0 Å². The molecule has 0 spiro atoms. The average molecular weight is 451 g/mol. The zero-order valence-electron chi connectivity index (χ0n) is 17.8. The number of alkyl halides is 3. The molecule has 11 heteroatoms. The SMILES string of the molecule is Cn1c(=O)n(Cc2ccc(C(C)(O)C(F)(F)F)nc2)c(=O)c2c1ncn2CC1CCCC1. The van der Waals surface area contributed by atoms with Gasteiger partial charge in [-0.25, -0.2) is 9.78 Å². The lowest BCUT2D eigenvalue weighted by Gasteiger charge is -2.25. The molecule has 0 saturated heterocycles. The molecular formula is C21H24F3N5O3. The Morgan fingerprint density at radius 2 is 1.84 bits per heavy atom. The van der Waals surface area contributed by atoms with E-state index >= 15 is 0 Å². The summed E-state index contributed by atoms with van der Waals surface area (Å²) in [4.78, 5) is 34.0. The van der Waals surface area contributed by atoms with E-state index in [1.807, 2.05) is 0 Å². The van der Waals surface area contributed by atoms with Gasteiger partial charge in [0.25, 0.3) is 5.56 Å². The Kier molecular flexibility index (Phi) is 5.48. The van der Waals surface area contributed by atoms with Crippen LogP contribution in [0.1, 0.15) is 43.9 Å². The summed E-state index contributed by atoms with van der Waals surface area (Å²) in [5.41, 5.74) is -3.80. The van der Waals surface area contributed by atoms with Crippen LogP contribution >= 0.6 is 0 Å². The number of aromatic nitrogens is 5. The Hall–Kier alpha value is -2.95. The minimum absolute atomic E-state index is 0.169. The molecule has 32 heavy (non-hydrogen) atoms. The van der Waals surface area contributed by atoms with Crippen LogP contribution < -0.4 is 11.2 Å². The Balaban J connectivity index is 1.70. The van der Waals surface area contributed by atoms with Crippen molar-refractivity contribution in [2.75, 3.05) is 0 Å². The average Bonchev–Trinajstić information content (AvgIpc) is 3.39. The lowest BCUT2D eigenvalue weighted by Crippen LogP contribution is -2.40. The van der Waals surface area contributed by atoms with Crippen molar-refractivity contribution in [3.05, 3.63) is 56.8 Å². The lowest BCUT2D eigenvalue weighted by molar-refractivity contribution is -0.260. The fourth-order valence-electron chi connectivity index (χ4n) is 4.20. The van der Waals surface area contributed by atoms with Gasteiger partial charge in [0, 0.05) is 19.8 Å². The van der Waals surface area contributed by atoms with Gasteiger partial charge in [0.15, 0.2) is 16.8 Å². The molecule has 4 rings (SSSR count). The zero-order chi connectivity index (χ0) is 23.3. The first-order valence-electron chi connectivity index (χ1n) is 10.4. The van der Waals surface area contributed by atoms with Crippen molar-refractivity contribution in [3.63, 3.8) is 0 Å². The first-order valence-corrected chi connectivity index (χ1v) is 10.4. The van der Waals surface area contributed by atoms with E-state index in [1.54, 1.807) is 10.9 Å². The zero-order valence-corrected chi connectivity index (χ0v) is 17.8. The molecular weight excluding hydrogens is 427 g/mol. The van der Waals surface area contributed by atoms with Crippen molar-refractivity contribution in [2.24, 2.45) is 13.0 Å². The third-order valence-electron chi connectivity index (χ3n) is 6.25. The molecule has 1 unspecified atom stereocenters. The Morgan fingerprint density at radius 1 is 1.16 bits per heavy atom. The highest BCUT2D eigenvalue weighted by atomic mass is 19.4. The van der Waals surface area contributed by atoms with Crippen LogP contribution in [0.2, 0.25) is 0 Å². The number of hydrogen-bond acceptors (Lipinski definition) is 5. The van der Waals surface area contributed by atoms with Crippen LogP contribution in [0.4, 0.5) is 13.2 Å². The van der Waals surface area contributed by atoms with Crippen molar-refractivity contribution >= 4 is 11.2 Å². The third kappa shape index (κ3) is 3.74. The summed E-state index contributed by atoms with van der Waals surface area (Å²) in [6.45, 7) is 1.10. The predicted octanol–water partition coefficient (Wildman–Crippen LogP) is 2.30. The molecule has 0 aliphatic heterocycles. The maximum absolute atomic E-state index is 13.2. The van der Waals surface area contributed by atoms with Gasteiger partial charge in [0.1, 0.15) is 0 Å². The van der Waals surface area contributed by atoms with Crippen LogP contribution in [0.3, 0.4) is 0 Å². The summed E-state index contributed by atoms with van der Waals surface area (Å²) >= 11 is 0. The van der Waals surface area contributed by atoms with Gasteiger partial charge in [-0.2, -0.15) is 13.2 Å². The maximum Gasteiger partial charge on any atom is 0.422 e. The summed E-state index contributed by atoms with van der Waals surface area (Å²) in [6.07, 6.45) is 2.29. The number of fused-ring (bicyclic) bond motifs is 1. The van der Waals surface area contributed by atoms with Crippen LogP contribution in [0, 0.1) is 5.92 Å². The van der Waals surface area contributed by atoms with E-state index in [2.05, 4.69) is 9.97 Å². The Labute approximate surface area is 181 Å². The van der Waals surface area contributed by atoms with Crippen molar-refractivity contribution < 1.29 is 18.3 Å². The van der Waals surface area contributed by atoms with E-state index in [4.69, 9.17) is 0 Å². The van der Waals surface area contributed by atoms with Gasteiger partial charge in [-0.1, -0.05) is 18.9 Å². The molecule has 1 saturated carbocycles. The fourth-order valence-corrected chi connectivity index (χ4v) is 4.20. The van der Waals surface area contributed by atoms with Gasteiger partial charge in [-0.05, 0) is 37.3 Å². The molecule has 0 amide bonds. The maximum atomic E-state index is 13.2. The number of pyridine rings is 1. The molecule has 1 fully saturated rings. The Morgan fingerprint density at radius 3 is 2.44 bits per heavy atom. The summed E-state index contributed by atoms with van der Waals surface area (Å²) in [6, 6.07) is 2.36. The van der Waals surface area contributed by atoms with E-state index in [0.717, 1.165) is 42.5 Å². The lowest BCUT2D eigenvalue weighted by atomic mass is 10.0. The normalized spacial score (nSPS) is 17.2. The molecule has 0 radical (unpaired) electrons. The number of nitrogens with zero attached hydrogens (tertiary/aromatic N) is 5. The van der Waals surface area contributed by atoms with Crippen molar-refractivity contribution in [1.29, 1.82) is 0 Å². The highest BCUT2D eigenvalue weighted by Crippen LogP contribution is 2.37. The number of halogens is 3. The number of aliphatic hydroxyl groups is 1. The second-order valence-corrected chi connectivity index (χ2v) is 8.57. The highest BCUT2D eigenvalue weighted by molar-refractivity contribution is 5.70. The molecule has 0 bridgehead atoms. The number of imidazole rings is 1. The van der Waals surface area contributed by atoms with Crippen LogP contribution in [0.25, 0.3) is 11.2 Å². The molecule has 172 valence electrons. The summed E-state index contributed by atoms with van der Waals surface area (Å²) in [5.74, 6) is 0.454. The quantitative estimate of drug-likeness (QED) is 0.642. The molecule has 1 N–H and O–H groups in total. The van der Waals surface area contributed by atoms with Gasteiger partial charge in [0.05, 0.1) is 18.6 Å². The largest absolute Gasteiger partial charge is 0.422 e. The van der Waals surface area contributed by atoms with E-state index in [1.165, 1.54) is 17.7 Å². The third-order valence-corrected chi connectivity index (χ3v) is 6.25. The fraction of sp³-hybridized carbons (Fsp3) is 0.524. The molecule has 1 atom stereocenters. The molecule has 3 heterocycles. The van der Waals surface area contributed by atoms with Gasteiger partial charge in [0.2, 0.25) is 0 Å². The van der Waals surface area contributed by atoms with Gasteiger partial charge < -0.3 is 9.67 Å². The van der Waals surface area contributed by atoms with Gasteiger partial charge >= 0.3 is 11.9 Å². The second kappa shape index (κ2) is 7.88. The standard InChI is InChI=1S/C21H24F3N5O3/c1-20(32,21(22,23)24)15-8-7-14(9-25-15)11-29-18(30)16-17(27(2)19(29)31)26-12-28(16)10-13-5-3-4-6-13/h7-9,12-13,32H,3-6,10-11H2,1-2H3. The van der Waals surface area contributed by atoms with Crippen molar-refractivity contribution in [1.82, 2.24) is 23.7 Å². The first kappa shape index (κ1) is 22.3. The second-order valence-electron chi connectivity index (χ2n) is 8.57. The Bertz CT molecular complexity index is 1250. The molecule has 3 aromatic rings. The predicted molar refractivity (Wildman–Crippen MR) is 110 cm³/mol. The van der Waals surface area contributed by atoms with E-state index in [0.29, 0.717) is 36.1 Å². The minimum atomic E-state index is -4.89. The molecule has 1 aliphatic rings. The molecule has 8 nitrogen and oxygen atoms in total. The van der Waals surface area contributed by atoms with Crippen LogP contribution in [0.15, 0.2) is 34.2 Å².